The molecule has 2 aromatic rings. The number of rotatable bonds is 5. The molecule has 0 saturated carbocycles. The standard InChI is InChI=1S/C19H19N3O3/c1-2-13-8-6-7-11-16(13)22-17(23)12-15(19(22)25)20-21-18(24)14-9-4-3-5-10-14/h3-11,15,20H,2,12H2,1H3,(H,21,24). The van der Waals surface area contributed by atoms with Gasteiger partial charge in [0, 0.05) is 5.56 Å². The monoisotopic (exact) mass is 337 g/mol. The van der Waals surface area contributed by atoms with Crippen molar-refractivity contribution in [2.24, 2.45) is 0 Å². The lowest BCUT2D eigenvalue weighted by molar-refractivity contribution is -0.121. The van der Waals surface area contributed by atoms with Crippen LogP contribution in [0.1, 0.15) is 29.3 Å². The summed E-state index contributed by atoms with van der Waals surface area (Å²) in [5.41, 5.74) is 7.20. The van der Waals surface area contributed by atoms with Crippen LogP contribution >= 0.6 is 0 Å². The first kappa shape index (κ1) is 16.9. The normalized spacial score (nSPS) is 17.0. The molecule has 2 N–H and O–H groups in total. The van der Waals surface area contributed by atoms with E-state index in [0.29, 0.717) is 11.3 Å². The van der Waals surface area contributed by atoms with Crippen molar-refractivity contribution < 1.29 is 14.4 Å². The van der Waals surface area contributed by atoms with Gasteiger partial charge in [-0.15, -0.1) is 0 Å². The molecule has 6 heteroatoms. The lowest BCUT2D eigenvalue weighted by atomic mass is 10.1. The van der Waals surface area contributed by atoms with E-state index < -0.39 is 6.04 Å². The molecule has 0 spiro atoms. The number of anilines is 1. The zero-order valence-electron chi connectivity index (χ0n) is 13.9. The van der Waals surface area contributed by atoms with Crippen LogP contribution in [-0.2, 0) is 16.0 Å². The van der Waals surface area contributed by atoms with E-state index >= 15 is 0 Å². The van der Waals surface area contributed by atoms with Gasteiger partial charge in [-0.05, 0) is 30.2 Å². The smallest absolute Gasteiger partial charge is 0.265 e. The fourth-order valence-corrected chi connectivity index (χ4v) is 2.84. The number of carbonyl (C=O) groups is 3. The third kappa shape index (κ3) is 3.44. The van der Waals surface area contributed by atoms with Crippen molar-refractivity contribution >= 4 is 23.4 Å². The van der Waals surface area contributed by atoms with Gasteiger partial charge in [0.2, 0.25) is 5.91 Å². The van der Waals surface area contributed by atoms with Crippen LogP contribution in [0.4, 0.5) is 5.69 Å². The Morgan fingerprint density at radius 2 is 1.76 bits per heavy atom. The van der Waals surface area contributed by atoms with Crippen molar-refractivity contribution in [3.05, 3.63) is 65.7 Å². The summed E-state index contributed by atoms with van der Waals surface area (Å²) in [4.78, 5) is 38.2. The molecule has 1 unspecified atom stereocenters. The quantitative estimate of drug-likeness (QED) is 0.644. The van der Waals surface area contributed by atoms with Crippen LogP contribution in [-0.4, -0.2) is 23.8 Å². The second-order valence-electron chi connectivity index (χ2n) is 5.77. The van der Waals surface area contributed by atoms with Crippen LogP contribution < -0.4 is 15.8 Å². The molecule has 1 fully saturated rings. The fourth-order valence-electron chi connectivity index (χ4n) is 2.84. The van der Waals surface area contributed by atoms with Gasteiger partial charge in [0.15, 0.2) is 0 Å². The second-order valence-corrected chi connectivity index (χ2v) is 5.77. The number of amides is 3. The summed E-state index contributed by atoms with van der Waals surface area (Å²) in [7, 11) is 0. The minimum absolute atomic E-state index is 0.00590. The number of aryl methyl sites for hydroxylation is 1. The van der Waals surface area contributed by atoms with Crippen LogP contribution in [0.15, 0.2) is 54.6 Å². The molecule has 2 aromatic carbocycles. The predicted octanol–water partition coefficient (Wildman–Crippen LogP) is 1.82. The van der Waals surface area contributed by atoms with Gasteiger partial charge in [-0.3, -0.25) is 19.8 Å². The number of carbonyl (C=O) groups excluding carboxylic acids is 3. The Hall–Kier alpha value is -2.99. The summed E-state index contributed by atoms with van der Waals surface area (Å²) in [6, 6.07) is 15.2. The molecule has 128 valence electrons. The Labute approximate surface area is 145 Å². The fraction of sp³-hybridized carbons (Fsp3) is 0.211. The van der Waals surface area contributed by atoms with E-state index in [9.17, 15) is 14.4 Å². The van der Waals surface area contributed by atoms with Gasteiger partial charge in [0.1, 0.15) is 6.04 Å². The molecule has 3 amide bonds. The molecule has 1 heterocycles. The van der Waals surface area contributed by atoms with Crippen molar-refractivity contribution in [1.82, 2.24) is 10.9 Å². The summed E-state index contributed by atoms with van der Waals surface area (Å²) in [6.45, 7) is 1.97. The molecule has 1 atom stereocenters. The van der Waals surface area contributed by atoms with Gasteiger partial charge in [0.05, 0.1) is 12.1 Å². The van der Waals surface area contributed by atoms with E-state index in [2.05, 4.69) is 10.9 Å². The molecule has 1 saturated heterocycles. The SMILES string of the molecule is CCc1ccccc1N1C(=O)CC(NNC(=O)c2ccccc2)C1=O. The Kier molecular flexibility index (Phi) is 4.90. The number of nitrogens with one attached hydrogen (secondary N) is 2. The lowest BCUT2D eigenvalue weighted by Gasteiger charge is -2.18. The molecule has 1 aliphatic rings. The molecular formula is C19H19N3O3. The molecular weight excluding hydrogens is 318 g/mol. The minimum atomic E-state index is -0.773. The Bertz CT molecular complexity index is 805. The number of nitrogens with zero attached hydrogens (tertiary/aromatic N) is 1. The van der Waals surface area contributed by atoms with Gasteiger partial charge in [0.25, 0.3) is 11.8 Å². The van der Waals surface area contributed by atoms with Crippen LogP contribution in [0, 0.1) is 0 Å². The van der Waals surface area contributed by atoms with Crippen LogP contribution in [0.3, 0.4) is 0 Å². The average Bonchev–Trinajstić information content (AvgIpc) is 2.93. The molecule has 0 radical (unpaired) electrons. The van der Waals surface area contributed by atoms with Crippen molar-refractivity contribution in [1.29, 1.82) is 0 Å². The first-order valence-corrected chi connectivity index (χ1v) is 8.17. The first-order valence-electron chi connectivity index (χ1n) is 8.17. The largest absolute Gasteiger partial charge is 0.287 e. The number of hydrogen-bond donors (Lipinski definition) is 2. The molecule has 0 bridgehead atoms. The summed E-state index contributed by atoms with van der Waals surface area (Å²) in [5, 5.41) is 0. The highest BCUT2D eigenvalue weighted by Gasteiger charge is 2.40. The maximum absolute atomic E-state index is 12.6. The summed E-state index contributed by atoms with van der Waals surface area (Å²) in [5.74, 6) is -0.995. The summed E-state index contributed by atoms with van der Waals surface area (Å²) in [6.07, 6.45) is 0.724. The molecule has 1 aliphatic heterocycles. The van der Waals surface area contributed by atoms with E-state index in [1.807, 2.05) is 25.1 Å². The highest BCUT2D eigenvalue weighted by Crippen LogP contribution is 2.26. The number of hydrogen-bond acceptors (Lipinski definition) is 4. The van der Waals surface area contributed by atoms with Crippen LogP contribution in [0.25, 0.3) is 0 Å². The zero-order chi connectivity index (χ0) is 17.8. The van der Waals surface area contributed by atoms with Crippen molar-refractivity contribution in [2.75, 3.05) is 4.90 Å². The molecule has 6 nitrogen and oxygen atoms in total. The van der Waals surface area contributed by atoms with Gasteiger partial charge >= 0.3 is 0 Å². The molecule has 0 aromatic heterocycles. The third-order valence-electron chi connectivity index (χ3n) is 4.16. The molecule has 0 aliphatic carbocycles. The van der Waals surface area contributed by atoms with Gasteiger partial charge < -0.3 is 0 Å². The van der Waals surface area contributed by atoms with Crippen molar-refractivity contribution in [3.63, 3.8) is 0 Å². The Morgan fingerprint density at radius 3 is 2.48 bits per heavy atom. The maximum Gasteiger partial charge on any atom is 0.265 e. The average molecular weight is 337 g/mol. The summed E-state index contributed by atoms with van der Waals surface area (Å²) < 4.78 is 0. The van der Waals surface area contributed by atoms with Crippen molar-refractivity contribution in [3.8, 4) is 0 Å². The van der Waals surface area contributed by atoms with Crippen LogP contribution in [0.5, 0.6) is 0 Å². The molecule has 25 heavy (non-hydrogen) atoms. The Balaban J connectivity index is 1.70. The Morgan fingerprint density at radius 1 is 1.08 bits per heavy atom. The van der Waals surface area contributed by atoms with E-state index in [1.54, 1.807) is 36.4 Å². The van der Waals surface area contributed by atoms with E-state index in [-0.39, 0.29) is 24.1 Å². The highest BCUT2D eigenvalue weighted by atomic mass is 16.2. The minimum Gasteiger partial charge on any atom is -0.287 e. The summed E-state index contributed by atoms with van der Waals surface area (Å²) >= 11 is 0. The van der Waals surface area contributed by atoms with E-state index in [4.69, 9.17) is 0 Å². The predicted molar refractivity (Wildman–Crippen MR) is 93.8 cm³/mol. The number of hydrazine groups is 1. The van der Waals surface area contributed by atoms with Gasteiger partial charge in [-0.2, -0.15) is 0 Å². The van der Waals surface area contributed by atoms with E-state index in [0.717, 1.165) is 12.0 Å². The van der Waals surface area contributed by atoms with E-state index in [1.165, 1.54) is 4.90 Å². The van der Waals surface area contributed by atoms with Crippen molar-refractivity contribution in [2.45, 2.75) is 25.8 Å². The molecule has 3 rings (SSSR count). The number of para-hydroxylation sites is 1. The number of benzene rings is 2. The topological polar surface area (TPSA) is 78.5 Å². The highest BCUT2D eigenvalue weighted by molar-refractivity contribution is 6.22. The van der Waals surface area contributed by atoms with Gasteiger partial charge in [-0.1, -0.05) is 43.3 Å². The number of imide groups is 1. The zero-order valence-corrected chi connectivity index (χ0v) is 13.9. The van der Waals surface area contributed by atoms with Gasteiger partial charge in [-0.25, -0.2) is 10.3 Å². The lowest BCUT2D eigenvalue weighted by Crippen LogP contribution is -2.48. The first-order chi connectivity index (χ1) is 12.1. The van der Waals surface area contributed by atoms with Crippen LogP contribution in [0.2, 0.25) is 0 Å². The maximum atomic E-state index is 12.6. The third-order valence-corrected chi connectivity index (χ3v) is 4.16. The second kappa shape index (κ2) is 7.27.